The summed E-state index contributed by atoms with van der Waals surface area (Å²) in [6, 6.07) is 18.2. The Morgan fingerprint density at radius 1 is 1.14 bits per heavy atom. The molecule has 1 aromatic heterocycles. The molecule has 0 bridgehead atoms. The van der Waals surface area contributed by atoms with Crippen LogP contribution in [0.3, 0.4) is 0 Å². The van der Waals surface area contributed by atoms with Gasteiger partial charge in [0.15, 0.2) is 4.80 Å². The van der Waals surface area contributed by atoms with Crippen LogP contribution in [0.25, 0.3) is 16.8 Å². The Labute approximate surface area is 216 Å². The van der Waals surface area contributed by atoms with Crippen LogP contribution in [0.5, 0.6) is 5.75 Å². The fourth-order valence-electron chi connectivity index (χ4n) is 4.53. The summed E-state index contributed by atoms with van der Waals surface area (Å²) in [5, 5.41) is 2.38. The number of fused-ring (bicyclic) bond motifs is 2. The van der Waals surface area contributed by atoms with Crippen LogP contribution in [0.1, 0.15) is 31.0 Å². The van der Waals surface area contributed by atoms with Gasteiger partial charge in [0, 0.05) is 10.6 Å². The van der Waals surface area contributed by atoms with Gasteiger partial charge in [-0.1, -0.05) is 71.5 Å². The summed E-state index contributed by atoms with van der Waals surface area (Å²) in [6.07, 6.45) is 1.76. The number of hydrogen-bond donors (Lipinski definition) is 0. The maximum absolute atomic E-state index is 13.9. The van der Waals surface area contributed by atoms with Gasteiger partial charge in [0.25, 0.3) is 5.56 Å². The van der Waals surface area contributed by atoms with Crippen LogP contribution in [0.2, 0.25) is 5.02 Å². The summed E-state index contributed by atoms with van der Waals surface area (Å²) < 4.78 is 13.2. The van der Waals surface area contributed by atoms with Crippen LogP contribution < -0.4 is 19.6 Å². The van der Waals surface area contributed by atoms with Crippen molar-refractivity contribution in [3.8, 4) is 5.75 Å². The van der Waals surface area contributed by atoms with Crippen molar-refractivity contribution in [1.29, 1.82) is 0 Å². The number of carbonyl (C=O) groups excluding carboxylic acids is 1. The first kappa shape index (κ1) is 24.0. The van der Waals surface area contributed by atoms with E-state index in [4.69, 9.17) is 21.1 Å². The minimum atomic E-state index is -0.783. The monoisotopic (exact) mass is 518 g/mol. The molecule has 8 heteroatoms. The number of allylic oxidation sites excluding steroid dienone is 1. The van der Waals surface area contributed by atoms with E-state index in [0.717, 1.165) is 16.3 Å². The van der Waals surface area contributed by atoms with E-state index >= 15 is 0 Å². The zero-order valence-electron chi connectivity index (χ0n) is 19.9. The molecule has 0 spiro atoms. The lowest BCUT2D eigenvalue weighted by atomic mass is 9.90. The Bertz CT molecular complexity index is 1720. The van der Waals surface area contributed by atoms with Crippen LogP contribution in [0, 0.1) is 0 Å². The molecule has 2 heterocycles. The van der Waals surface area contributed by atoms with Gasteiger partial charge in [0.2, 0.25) is 0 Å². The zero-order valence-corrected chi connectivity index (χ0v) is 21.5. The van der Waals surface area contributed by atoms with Crippen molar-refractivity contribution in [2.45, 2.75) is 19.9 Å². The van der Waals surface area contributed by atoms with E-state index in [1.54, 1.807) is 37.7 Å². The molecular formula is C28H23ClN2O4S. The number of rotatable bonds is 5. The summed E-state index contributed by atoms with van der Waals surface area (Å²) in [5.41, 5.74) is 1.97. The number of carbonyl (C=O) groups is 1. The maximum Gasteiger partial charge on any atom is 0.338 e. The van der Waals surface area contributed by atoms with Crippen molar-refractivity contribution < 1.29 is 14.3 Å². The van der Waals surface area contributed by atoms with Crippen molar-refractivity contribution in [3.63, 3.8) is 0 Å². The van der Waals surface area contributed by atoms with Crippen molar-refractivity contribution in [3.05, 3.63) is 108 Å². The van der Waals surface area contributed by atoms with Crippen LogP contribution in [-0.4, -0.2) is 24.3 Å². The Balaban J connectivity index is 1.87. The van der Waals surface area contributed by atoms with Gasteiger partial charge >= 0.3 is 5.97 Å². The van der Waals surface area contributed by atoms with E-state index in [-0.39, 0.29) is 12.2 Å². The maximum atomic E-state index is 13.9. The molecule has 0 unspecified atom stereocenters. The molecular weight excluding hydrogens is 496 g/mol. The van der Waals surface area contributed by atoms with Gasteiger partial charge in [-0.05, 0) is 48.4 Å². The van der Waals surface area contributed by atoms with E-state index in [9.17, 15) is 9.59 Å². The summed E-state index contributed by atoms with van der Waals surface area (Å²) in [7, 11) is 1.58. The minimum Gasteiger partial charge on any atom is -0.496 e. The van der Waals surface area contributed by atoms with E-state index in [1.807, 2.05) is 54.6 Å². The first-order chi connectivity index (χ1) is 17.4. The van der Waals surface area contributed by atoms with Crippen molar-refractivity contribution in [2.24, 2.45) is 4.99 Å². The molecule has 6 nitrogen and oxygen atoms in total. The second kappa shape index (κ2) is 9.76. The Morgan fingerprint density at radius 3 is 2.64 bits per heavy atom. The normalized spacial score (nSPS) is 15.6. The Kier molecular flexibility index (Phi) is 6.51. The molecule has 1 aliphatic rings. The van der Waals surface area contributed by atoms with Crippen molar-refractivity contribution in [1.82, 2.24) is 4.57 Å². The first-order valence-corrected chi connectivity index (χ1v) is 12.6. The number of esters is 1. The number of methoxy groups -OCH3 is 1. The molecule has 182 valence electrons. The third kappa shape index (κ3) is 4.04. The standard InChI is InChI=1S/C28H23ClN2O4S/c1-4-35-27(33)23-16(2)30-28-31(26(32)22(36-28)15-18-10-6-8-12-20(18)29)25(23)24-19-11-7-5-9-17(19)13-14-21(24)34-3/h5-15,25H,4H2,1-3H3/b22-15-/t25-/m1/s1. The molecule has 5 rings (SSSR count). The van der Waals surface area contributed by atoms with E-state index in [1.165, 1.54) is 11.3 Å². The molecule has 3 aromatic carbocycles. The largest absolute Gasteiger partial charge is 0.496 e. The lowest BCUT2D eigenvalue weighted by Gasteiger charge is -2.27. The topological polar surface area (TPSA) is 69.9 Å². The third-order valence-electron chi connectivity index (χ3n) is 6.13. The number of benzene rings is 3. The third-order valence-corrected chi connectivity index (χ3v) is 7.46. The highest BCUT2D eigenvalue weighted by Crippen LogP contribution is 2.40. The fraction of sp³-hybridized carbons (Fsp3) is 0.179. The predicted octanol–water partition coefficient (Wildman–Crippen LogP) is 4.61. The molecule has 4 aromatic rings. The lowest BCUT2D eigenvalue weighted by molar-refractivity contribution is -0.139. The van der Waals surface area contributed by atoms with E-state index in [2.05, 4.69) is 4.99 Å². The summed E-state index contributed by atoms with van der Waals surface area (Å²) in [4.78, 5) is 32.3. The first-order valence-electron chi connectivity index (χ1n) is 11.4. The molecule has 1 atom stereocenters. The second-order valence-corrected chi connectivity index (χ2v) is 9.64. The van der Waals surface area contributed by atoms with E-state index in [0.29, 0.717) is 36.9 Å². The molecule has 0 fully saturated rings. The average molecular weight is 519 g/mol. The molecule has 0 amide bonds. The van der Waals surface area contributed by atoms with Gasteiger partial charge in [-0.2, -0.15) is 0 Å². The SMILES string of the molecule is CCOC(=O)C1=C(C)N=c2s/c(=C\c3ccccc3Cl)c(=O)n2[C@H]1c1c(OC)ccc2ccccc12. The molecule has 0 saturated carbocycles. The smallest absolute Gasteiger partial charge is 0.338 e. The Hall–Kier alpha value is -3.68. The summed E-state index contributed by atoms with van der Waals surface area (Å²) >= 11 is 7.62. The van der Waals surface area contributed by atoms with Gasteiger partial charge in [-0.25, -0.2) is 9.79 Å². The highest BCUT2D eigenvalue weighted by molar-refractivity contribution is 7.07. The number of thiazole rings is 1. The number of aromatic nitrogens is 1. The number of nitrogens with zero attached hydrogens (tertiary/aromatic N) is 2. The predicted molar refractivity (Wildman–Crippen MR) is 142 cm³/mol. The quantitative estimate of drug-likeness (QED) is 0.362. The van der Waals surface area contributed by atoms with Gasteiger partial charge in [0.1, 0.15) is 11.8 Å². The van der Waals surface area contributed by atoms with Gasteiger partial charge in [0.05, 0.1) is 29.5 Å². The van der Waals surface area contributed by atoms with Crippen LogP contribution in [0.4, 0.5) is 0 Å². The molecule has 0 aliphatic carbocycles. The number of halogens is 1. The number of hydrogen-bond acceptors (Lipinski definition) is 6. The lowest BCUT2D eigenvalue weighted by Crippen LogP contribution is -2.40. The van der Waals surface area contributed by atoms with E-state index < -0.39 is 12.0 Å². The van der Waals surface area contributed by atoms with Crippen molar-refractivity contribution >= 4 is 45.8 Å². The summed E-state index contributed by atoms with van der Waals surface area (Å²) in [5.74, 6) is 0.0509. The van der Waals surface area contributed by atoms with Gasteiger partial charge in [-0.3, -0.25) is 9.36 Å². The second-order valence-electron chi connectivity index (χ2n) is 8.23. The van der Waals surface area contributed by atoms with Gasteiger partial charge in [-0.15, -0.1) is 0 Å². The van der Waals surface area contributed by atoms with Crippen molar-refractivity contribution in [2.75, 3.05) is 13.7 Å². The van der Waals surface area contributed by atoms with Gasteiger partial charge < -0.3 is 9.47 Å². The zero-order chi connectivity index (χ0) is 25.4. The summed E-state index contributed by atoms with van der Waals surface area (Å²) in [6.45, 7) is 3.72. The fourth-order valence-corrected chi connectivity index (χ4v) is 5.76. The molecule has 0 saturated heterocycles. The average Bonchev–Trinajstić information content (AvgIpc) is 3.18. The molecule has 0 N–H and O–H groups in total. The van der Waals surface area contributed by atoms with Crippen LogP contribution >= 0.6 is 22.9 Å². The molecule has 36 heavy (non-hydrogen) atoms. The molecule has 1 aliphatic heterocycles. The number of ether oxygens (including phenoxy) is 2. The highest BCUT2D eigenvalue weighted by Gasteiger charge is 2.36. The van der Waals surface area contributed by atoms with Crippen LogP contribution in [0.15, 0.2) is 81.7 Å². The highest BCUT2D eigenvalue weighted by atomic mass is 35.5. The van der Waals surface area contributed by atoms with Crippen LogP contribution in [-0.2, 0) is 9.53 Å². The molecule has 0 radical (unpaired) electrons. The minimum absolute atomic E-state index is 0.200. The Morgan fingerprint density at radius 2 is 1.89 bits per heavy atom.